The summed E-state index contributed by atoms with van der Waals surface area (Å²) < 4.78 is 2.23. The highest BCUT2D eigenvalue weighted by Gasteiger charge is 2.31. The van der Waals surface area contributed by atoms with E-state index in [9.17, 15) is 0 Å². The van der Waals surface area contributed by atoms with Crippen LogP contribution in [0.4, 0.5) is 0 Å². The standard InChI is InChI=1S/C12H22N4/c1-3-16-9-14-8-11(16)12-10(7-13)5-4-6-15(12)2/h8-10,12H,3-7,13H2,1-2H3. The van der Waals surface area contributed by atoms with Crippen molar-refractivity contribution in [3.63, 3.8) is 0 Å². The van der Waals surface area contributed by atoms with E-state index in [1.807, 2.05) is 12.5 Å². The Balaban J connectivity index is 2.28. The van der Waals surface area contributed by atoms with Crippen molar-refractivity contribution in [1.82, 2.24) is 14.5 Å². The van der Waals surface area contributed by atoms with Gasteiger partial charge in [-0.3, -0.25) is 4.90 Å². The SMILES string of the molecule is CCn1cncc1C1C(CN)CCCN1C. The van der Waals surface area contributed by atoms with E-state index in [2.05, 4.69) is 28.4 Å². The van der Waals surface area contributed by atoms with E-state index >= 15 is 0 Å². The van der Waals surface area contributed by atoms with Crippen LogP contribution in [-0.4, -0.2) is 34.6 Å². The second kappa shape index (κ2) is 4.97. The van der Waals surface area contributed by atoms with E-state index in [0.29, 0.717) is 12.0 Å². The molecular formula is C12H22N4. The first-order valence-corrected chi connectivity index (χ1v) is 6.18. The Kier molecular flexibility index (Phi) is 3.61. The molecule has 0 bridgehead atoms. The second-order valence-corrected chi connectivity index (χ2v) is 4.67. The second-order valence-electron chi connectivity index (χ2n) is 4.67. The van der Waals surface area contributed by atoms with Crippen LogP contribution in [0.2, 0.25) is 0 Å². The Morgan fingerprint density at radius 2 is 2.38 bits per heavy atom. The minimum atomic E-state index is 0.446. The lowest BCUT2D eigenvalue weighted by atomic mass is 9.87. The summed E-state index contributed by atoms with van der Waals surface area (Å²) in [6.45, 7) is 5.07. The summed E-state index contributed by atoms with van der Waals surface area (Å²) in [6.07, 6.45) is 6.42. The van der Waals surface area contributed by atoms with Crippen LogP contribution >= 0.6 is 0 Å². The first-order valence-electron chi connectivity index (χ1n) is 6.18. The van der Waals surface area contributed by atoms with Gasteiger partial charge in [0.2, 0.25) is 0 Å². The lowest BCUT2D eigenvalue weighted by molar-refractivity contribution is 0.119. The fourth-order valence-electron chi connectivity index (χ4n) is 2.82. The summed E-state index contributed by atoms with van der Waals surface area (Å²) in [7, 11) is 2.19. The van der Waals surface area contributed by atoms with Crippen LogP contribution < -0.4 is 5.73 Å². The topological polar surface area (TPSA) is 47.1 Å². The van der Waals surface area contributed by atoms with Gasteiger partial charge in [-0.05, 0) is 45.8 Å². The lowest BCUT2D eigenvalue weighted by Gasteiger charge is -2.39. The average Bonchev–Trinajstić information content (AvgIpc) is 2.76. The normalized spacial score (nSPS) is 27.2. The van der Waals surface area contributed by atoms with Gasteiger partial charge >= 0.3 is 0 Å². The average molecular weight is 222 g/mol. The van der Waals surface area contributed by atoms with Crippen LogP contribution in [0.5, 0.6) is 0 Å². The first-order chi connectivity index (χ1) is 7.77. The van der Waals surface area contributed by atoms with Crippen molar-refractivity contribution < 1.29 is 0 Å². The van der Waals surface area contributed by atoms with Crippen molar-refractivity contribution in [3.05, 3.63) is 18.2 Å². The molecule has 1 aliphatic rings. The van der Waals surface area contributed by atoms with E-state index in [1.54, 1.807) is 0 Å². The number of likely N-dealkylation sites (tertiary alicyclic amines) is 1. The Hall–Kier alpha value is -0.870. The molecule has 90 valence electrons. The fraction of sp³-hybridized carbons (Fsp3) is 0.750. The highest BCUT2D eigenvalue weighted by molar-refractivity contribution is 5.09. The Labute approximate surface area is 97.4 Å². The molecule has 2 N–H and O–H groups in total. The highest BCUT2D eigenvalue weighted by Crippen LogP contribution is 2.34. The summed E-state index contributed by atoms with van der Waals surface area (Å²) in [4.78, 5) is 6.69. The predicted molar refractivity (Wildman–Crippen MR) is 65.1 cm³/mol. The molecule has 0 aliphatic carbocycles. The van der Waals surface area contributed by atoms with Gasteiger partial charge in [-0.1, -0.05) is 0 Å². The van der Waals surface area contributed by atoms with Crippen LogP contribution in [0.25, 0.3) is 0 Å². The smallest absolute Gasteiger partial charge is 0.0948 e. The summed E-state index contributed by atoms with van der Waals surface area (Å²) >= 11 is 0. The minimum absolute atomic E-state index is 0.446. The van der Waals surface area contributed by atoms with Gasteiger partial charge < -0.3 is 10.3 Å². The van der Waals surface area contributed by atoms with Gasteiger partial charge in [0.1, 0.15) is 0 Å². The molecule has 2 rings (SSSR count). The molecule has 1 aliphatic heterocycles. The maximum atomic E-state index is 5.90. The molecule has 16 heavy (non-hydrogen) atoms. The number of aromatic nitrogens is 2. The maximum Gasteiger partial charge on any atom is 0.0948 e. The molecule has 0 aromatic carbocycles. The van der Waals surface area contributed by atoms with Crippen molar-refractivity contribution in [2.24, 2.45) is 11.7 Å². The number of nitrogens with zero attached hydrogens (tertiary/aromatic N) is 3. The van der Waals surface area contributed by atoms with Gasteiger partial charge in [0.05, 0.1) is 18.1 Å². The molecule has 0 amide bonds. The molecule has 2 atom stereocenters. The third-order valence-corrected chi connectivity index (χ3v) is 3.70. The third-order valence-electron chi connectivity index (χ3n) is 3.70. The highest BCUT2D eigenvalue weighted by atomic mass is 15.2. The number of nitrogens with two attached hydrogens (primary N) is 1. The lowest BCUT2D eigenvalue weighted by Crippen LogP contribution is -2.40. The van der Waals surface area contributed by atoms with Crippen molar-refractivity contribution in [2.75, 3.05) is 20.1 Å². The van der Waals surface area contributed by atoms with E-state index in [-0.39, 0.29) is 0 Å². The minimum Gasteiger partial charge on any atom is -0.333 e. The third kappa shape index (κ3) is 1.99. The zero-order chi connectivity index (χ0) is 11.5. The number of hydrogen-bond acceptors (Lipinski definition) is 3. The Morgan fingerprint density at radius 1 is 1.56 bits per heavy atom. The van der Waals surface area contributed by atoms with Crippen LogP contribution in [0.3, 0.4) is 0 Å². The first kappa shape index (κ1) is 11.6. The molecule has 0 saturated carbocycles. The van der Waals surface area contributed by atoms with Crippen molar-refractivity contribution >= 4 is 0 Å². The van der Waals surface area contributed by atoms with Crippen LogP contribution in [0, 0.1) is 5.92 Å². The van der Waals surface area contributed by atoms with Crippen molar-refractivity contribution in [2.45, 2.75) is 32.4 Å². The van der Waals surface area contributed by atoms with E-state index in [1.165, 1.54) is 18.5 Å². The molecule has 1 fully saturated rings. The molecule has 1 saturated heterocycles. The molecule has 4 heteroatoms. The van der Waals surface area contributed by atoms with Crippen LogP contribution in [-0.2, 0) is 6.54 Å². The summed E-state index contributed by atoms with van der Waals surface area (Å²) in [6, 6.07) is 0.446. The molecule has 1 aromatic rings. The predicted octanol–water partition coefficient (Wildman–Crippen LogP) is 1.24. The van der Waals surface area contributed by atoms with Crippen molar-refractivity contribution in [3.8, 4) is 0 Å². The van der Waals surface area contributed by atoms with Gasteiger partial charge in [0.25, 0.3) is 0 Å². The van der Waals surface area contributed by atoms with E-state index in [0.717, 1.165) is 19.6 Å². The quantitative estimate of drug-likeness (QED) is 0.837. The zero-order valence-corrected chi connectivity index (χ0v) is 10.3. The van der Waals surface area contributed by atoms with Gasteiger partial charge in [-0.15, -0.1) is 0 Å². The molecule has 0 radical (unpaired) electrons. The maximum absolute atomic E-state index is 5.90. The zero-order valence-electron chi connectivity index (χ0n) is 10.3. The molecule has 1 aromatic heterocycles. The van der Waals surface area contributed by atoms with Gasteiger partial charge in [0, 0.05) is 12.7 Å². The summed E-state index contributed by atoms with van der Waals surface area (Å²) in [5.74, 6) is 0.570. The Bertz CT molecular complexity index is 334. The van der Waals surface area contributed by atoms with Gasteiger partial charge in [0.15, 0.2) is 0 Å². The fourth-order valence-corrected chi connectivity index (χ4v) is 2.82. The summed E-state index contributed by atoms with van der Waals surface area (Å²) in [5.41, 5.74) is 7.22. The molecule has 0 spiro atoms. The number of imidazole rings is 1. The summed E-state index contributed by atoms with van der Waals surface area (Å²) in [5, 5.41) is 0. The largest absolute Gasteiger partial charge is 0.333 e. The van der Waals surface area contributed by atoms with E-state index < -0.39 is 0 Å². The number of rotatable bonds is 3. The monoisotopic (exact) mass is 222 g/mol. The van der Waals surface area contributed by atoms with Gasteiger partial charge in [-0.2, -0.15) is 0 Å². The molecular weight excluding hydrogens is 200 g/mol. The van der Waals surface area contributed by atoms with Crippen LogP contribution in [0.15, 0.2) is 12.5 Å². The number of piperidine rings is 1. The molecule has 2 unspecified atom stereocenters. The molecule has 2 heterocycles. The number of hydrogen-bond donors (Lipinski definition) is 1. The number of aryl methyl sites for hydroxylation is 1. The van der Waals surface area contributed by atoms with E-state index in [4.69, 9.17) is 5.73 Å². The Morgan fingerprint density at radius 3 is 3.06 bits per heavy atom. The molecule has 4 nitrogen and oxygen atoms in total. The van der Waals surface area contributed by atoms with Crippen LogP contribution in [0.1, 0.15) is 31.5 Å². The van der Waals surface area contributed by atoms with Gasteiger partial charge in [-0.25, -0.2) is 4.98 Å². The van der Waals surface area contributed by atoms with Crippen molar-refractivity contribution in [1.29, 1.82) is 0 Å².